The van der Waals surface area contributed by atoms with Crippen LogP contribution in [0.3, 0.4) is 0 Å². The molecule has 2 saturated heterocycles. The van der Waals surface area contributed by atoms with Gasteiger partial charge >= 0.3 is 0 Å². The second-order valence-corrected chi connectivity index (χ2v) is 6.65. The van der Waals surface area contributed by atoms with Crippen molar-refractivity contribution in [1.82, 2.24) is 20.0 Å². The highest BCUT2D eigenvalue weighted by Gasteiger charge is 2.30. The van der Waals surface area contributed by atoms with Gasteiger partial charge in [0.1, 0.15) is 0 Å². The molecule has 0 spiro atoms. The average Bonchev–Trinajstić information content (AvgIpc) is 3.25. The molecule has 1 N–H and O–H groups in total. The lowest BCUT2D eigenvalue weighted by molar-refractivity contribution is -0.135. The van der Waals surface area contributed by atoms with E-state index in [1.807, 2.05) is 29.2 Å². The zero-order valence-electron chi connectivity index (χ0n) is 14.1. The van der Waals surface area contributed by atoms with Gasteiger partial charge in [-0.15, -0.1) is 0 Å². The summed E-state index contributed by atoms with van der Waals surface area (Å²) in [5.74, 6) is 0.0745. The van der Waals surface area contributed by atoms with Gasteiger partial charge in [-0.1, -0.05) is 18.2 Å². The molecular weight excluding hydrogens is 320 g/mol. The van der Waals surface area contributed by atoms with Gasteiger partial charge in [0.2, 0.25) is 5.91 Å². The average molecular weight is 342 g/mol. The standard InChI is InChI=1S/C18H22N4O3/c23-17(13-6-11-25-12-13)21-7-3-8-22(10-9-21)18(24)16-14-4-1-2-5-15(14)19-20-16/h1-2,4-5,13H,3,6-12H2,(H,19,20). The van der Waals surface area contributed by atoms with Crippen LogP contribution in [0.15, 0.2) is 24.3 Å². The summed E-state index contributed by atoms with van der Waals surface area (Å²) in [5, 5.41) is 7.96. The van der Waals surface area contributed by atoms with Gasteiger partial charge in [-0.25, -0.2) is 0 Å². The SMILES string of the molecule is O=C(c1n[nH]c2ccccc12)N1CCCN(C(=O)C2CCOC2)CC1. The molecule has 2 amide bonds. The minimum atomic E-state index is -0.0732. The first-order chi connectivity index (χ1) is 12.2. The number of carbonyl (C=O) groups is 2. The molecule has 2 fully saturated rings. The van der Waals surface area contributed by atoms with Crippen LogP contribution in [-0.4, -0.2) is 71.2 Å². The van der Waals surface area contributed by atoms with Crippen LogP contribution in [0.4, 0.5) is 0 Å². The van der Waals surface area contributed by atoms with Gasteiger partial charge in [-0.2, -0.15) is 5.10 Å². The topological polar surface area (TPSA) is 78.5 Å². The fourth-order valence-electron chi connectivity index (χ4n) is 3.60. The minimum Gasteiger partial charge on any atom is -0.381 e. The Bertz CT molecular complexity index is 781. The molecule has 25 heavy (non-hydrogen) atoms. The summed E-state index contributed by atoms with van der Waals surface area (Å²) in [6, 6.07) is 7.63. The zero-order chi connectivity index (χ0) is 17.2. The van der Waals surface area contributed by atoms with Crippen LogP contribution < -0.4 is 0 Å². The highest BCUT2D eigenvalue weighted by atomic mass is 16.5. The summed E-state index contributed by atoms with van der Waals surface area (Å²) in [7, 11) is 0. The van der Waals surface area contributed by atoms with E-state index in [2.05, 4.69) is 10.2 Å². The number of hydrogen-bond acceptors (Lipinski definition) is 4. The molecule has 0 aliphatic carbocycles. The van der Waals surface area contributed by atoms with Crippen LogP contribution in [0.2, 0.25) is 0 Å². The number of hydrogen-bond donors (Lipinski definition) is 1. The highest BCUT2D eigenvalue weighted by Crippen LogP contribution is 2.19. The van der Waals surface area contributed by atoms with Crippen LogP contribution in [0.5, 0.6) is 0 Å². The maximum Gasteiger partial charge on any atom is 0.275 e. The van der Waals surface area contributed by atoms with Crippen LogP contribution >= 0.6 is 0 Å². The van der Waals surface area contributed by atoms with Crippen molar-refractivity contribution in [2.24, 2.45) is 5.92 Å². The number of para-hydroxylation sites is 1. The van der Waals surface area contributed by atoms with Gasteiger partial charge in [0.05, 0.1) is 18.0 Å². The molecule has 2 aromatic rings. The van der Waals surface area contributed by atoms with Gasteiger partial charge < -0.3 is 14.5 Å². The Labute approximate surface area is 145 Å². The van der Waals surface area contributed by atoms with Crippen molar-refractivity contribution in [3.05, 3.63) is 30.0 Å². The number of H-pyrrole nitrogens is 1. The molecule has 132 valence electrons. The van der Waals surface area contributed by atoms with E-state index in [4.69, 9.17) is 4.74 Å². The second-order valence-electron chi connectivity index (χ2n) is 6.65. The van der Waals surface area contributed by atoms with Crippen molar-refractivity contribution in [3.8, 4) is 0 Å². The normalized spacial score (nSPS) is 21.5. The Morgan fingerprint density at radius 1 is 1.12 bits per heavy atom. The quantitative estimate of drug-likeness (QED) is 0.892. The van der Waals surface area contributed by atoms with Crippen LogP contribution in [0.1, 0.15) is 23.3 Å². The summed E-state index contributed by atoms with van der Waals surface area (Å²) in [6.45, 7) is 3.65. The smallest absolute Gasteiger partial charge is 0.275 e. The van der Waals surface area contributed by atoms with E-state index in [0.29, 0.717) is 45.1 Å². The lowest BCUT2D eigenvalue weighted by atomic mass is 10.1. The Morgan fingerprint density at radius 3 is 2.76 bits per heavy atom. The van der Waals surface area contributed by atoms with Crippen molar-refractivity contribution in [2.45, 2.75) is 12.8 Å². The van der Waals surface area contributed by atoms with Crippen LogP contribution in [-0.2, 0) is 9.53 Å². The monoisotopic (exact) mass is 342 g/mol. The molecule has 4 rings (SSSR count). The Balaban J connectivity index is 1.45. The molecule has 0 saturated carbocycles. The van der Waals surface area contributed by atoms with Crippen molar-refractivity contribution < 1.29 is 14.3 Å². The predicted molar refractivity (Wildman–Crippen MR) is 92.1 cm³/mol. The molecule has 3 heterocycles. The molecule has 0 bridgehead atoms. The zero-order valence-corrected chi connectivity index (χ0v) is 14.1. The fourth-order valence-corrected chi connectivity index (χ4v) is 3.60. The molecule has 1 aromatic heterocycles. The summed E-state index contributed by atoms with van der Waals surface area (Å²) in [5.41, 5.74) is 1.32. The Morgan fingerprint density at radius 2 is 1.92 bits per heavy atom. The van der Waals surface area contributed by atoms with Gasteiger partial charge in [-0.3, -0.25) is 14.7 Å². The van der Waals surface area contributed by atoms with Crippen molar-refractivity contribution in [1.29, 1.82) is 0 Å². The lowest BCUT2D eigenvalue weighted by Crippen LogP contribution is -2.40. The number of nitrogens with one attached hydrogen (secondary N) is 1. The summed E-state index contributed by atoms with van der Waals surface area (Å²) in [6.07, 6.45) is 1.59. The summed E-state index contributed by atoms with van der Waals surface area (Å²) < 4.78 is 5.33. The molecule has 7 nitrogen and oxygen atoms in total. The third-order valence-corrected chi connectivity index (χ3v) is 5.05. The summed E-state index contributed by atoms with van der Waals surface area (Å²) >= 11 is 0. The number of aromatic amines is 1. The van der Waals surface area contributed by atoms with Gasteiger partial charge in [0, 0.05) is 38.2 Å². The Hall–Kier alpha value is -2.41. The van der Waals surface area contributed by atoms with Gasteiger partial charge in [0.15, 0.2) is 5.69 Å². The highest BCUT2D eigenvalue weighted by molar-refractivity contribution is 6.04. The molecule has 1 aromatic carbocycles. The molecule has 2 aliphatic rings. The number of aromatic nitrogens is 2. The number of carbonyl (C=O) groups excluding carboxylic acids is 2. The molecule has 7 heteroatoms. The van der Waals surface area contributed by atoms with Crippen molar-refractivity contribution in [2.75, 3.05) is 39.4 Å². The first-order valence-corrected chi connectivity index (χ1v) is 8.83. The number of nitrogens with zero attached hydrogens (tertiary/aromatic N) is 3. The van der Waals surface area contributed by atoms with E-state index >= 15 is 0 Å². The number of fused-ring (bicyclic) bond motifs is 1. The third-order valence-electron chi connectivity index (χ3n) is 5.05. The van der Waals surface area contributed by atoms with Crippen molar-refractivity contribution in [3.63, 3.8) is 0 Å². The first kappa shape index (κ1) is 16.1. The lowest BCUT2D eigenvalue weighted by Gasteiger charge is -2.23. The van der Waals surface area contributed by atoms with Gasteiger partial charge in [0.25, 0.3) is 5.91 Å². The van der Waals surface area contributed by atoms with E-state index in [1.165, 1.54) is 0 Å². The number of benzene rings is 1. The number of rotatable bonds is 2. The molecule has 2 aliphatic heterocycles. The maximum atomic E-state index is 12.9. The molecular formula is C18H22N4O3. The molecule has 1 unspecified atom stereocenters. The van der Waals surface area contributed by atoms with E-state index in [-0.39, 0.29) is 17.7 Å². The largest absolute Gasteiger partial charge is 0.381 e. The van der Waals surface area contributed by atoms with Gasteiger partial charge in [-0.05, 0) is 18.9 Å². The molecule has 0 radical (unpaired) electrons. The summed E-state index contributed by atoms with van der Waals surface area (Å²) in [4.78, 5) is 29.1. The minimum absolute atomic E-state index is 0.0162. The van der Waals surface area contributed by atoms with E-state index in [1.54, 1.807) is 4.90 Å². The van der Waals surface area contributed by atoms with Crippen LogP contribution in [0, 0.1) is 5.92 Å². The Kier molecular flexibility index (Phi) is 4.40. The number of amides is 2. The number of ether oxygens (including phenoxy) is 1. The van der Waals surface area contributed by atoms with Crippen LogP contribution in [0.25, 0.3) is 10.9 Å². The molecule has 1 atom stereocenters. The maximum absolute atomic E-state index is 12.9. The van der Waals surface area contributed by atoms with E-state index < -0.39 is 0 Å². The third kappa shape index (κ3) is 3.11. The van der Waals surface area contributed by atoms with E-state index in [9.17, 15) is 9.59 Å². The first-order valence-electron chi connectivity index (χ1n) is 8.83. The fraction of sp³-hybridized carbons (Fsp3) is 0.500. The second kappa shape index (κ2) is 6.84. The van der Waals surface area contributed by atoms with Crippen molar-refractivity contribution >= 4 is 22.7 Å². The predicted octanol–water partition coefficient (Wildman–Crippen LogP) is 1.27. The van der Waals surface area contributed by atoms with E-state index in [0.717, 1.165) is 23.7 Å².